The number of aromatic nitrogens is 1. The van der Waals surface area contributed by atoms with Crippen molar-refractivity contribution in [2.75, 3.05) is 11.9 Å². The zero-order chi connectivity index (χ0) is 14.5. The Hall–Kier alpha value is -1.86. The van der Waals surface area contributed by atoms with Gasteiger partial charge in [0.2, 0.25) is 0 Å². The van der Waals surface area contributed by atoms with Gasteiger partial charge in [0, 0.05) is 11.9 Å². The third-order valence-electron chi connectivity index (χ3n) is 2.48. The van der Waals surface area contributed by atoms with Gasteiger partial charge >= 0.3 is 0 Å². The molecule has 0 amide bonds. The van der Waals surface area contributed by atoms with Gasteiger partial charge in [0.05, 0.1) is 6.54 Å². The molecule has 0 saturated carbocycles. The number of guanidine groups is 1. The fourth-order valence-electron chi connectivity index (χ4n) is 1.50. The molecule has 0 radical (unpaired) electrons. The van der Waals surface area contributed by atoms with Crippen LogP contribution in [0, 0.1) is 5.92 Å². The minimum atomic E-state index is 0.377. The summed E-state index contributed by atoms with van der Waals surface area (Å²) in [5.74, 6) is 2.29. The first-order chi connectivity index (χ1) is 9.58. The lowest BCUT2D eigenvalue weighted by Crippen LogP contribution is -2.23. The maximum Gasteiger partial charge on any atom is 0.194 e. The molecule has 0 atom stereocenters. The van der Waals surface area contributed by atoms with Gasteiger partial charge in [0.25, 0.3) is 0 Å². The van der Waals surface area contributed by atoms with E-state index in [-0.39, 0.29) is 0 Å². The van der Waals surface area contributed by atoms with Crippen LogP contribution in [0.1, 0.15) is 19.6 Å². The Morgan fingerprint density at radius 1 is 1.50 bits per heavy atom. The highest BCUT2D eigenvalue weighted by molar-refractivity contribution is 7.14. The van der Waals surface area contributed by atoms with Crippen LogP contribution in [0.25, 0.3) is 11.5 Å². The molecule has 2 rings (SSSR count). The molecule has 0 unspecified atom stereocenters. The van der Waals surface area contributed by atoms with Crippen molar-refractivity contribution in [3.8, 4) is 11.5 Å². The maximum absolute atomic E-state index is 5.79. The van der Waals surface area contributed by atoms with E-state index in [0.29, 0.717) is 35.9 Å². The molecular formula is C13H19N5OS. The van der Waals surface area contributed by atoms with Crippen LogP contribution in [0.3, 0.4) is 0 Å². The highest BCUT2D eigenvalue weighted by atomic mass is 32.1. The molecule has 0 spiro atoms. The molecule has 2 aromatic rings. The standard InChI is InChI=1S/C13H19N5OS/c1-8(2)6-16-12(15)18-13-17-10(7-20-13)11-4-3-9(5-14)19-11/h3-4,7-8H,5-6,14H2,1-2H3,(H3,15,16,17,18). The predicted octanol–water partition coefficient (Wildman–Crippen LogP) is 2.24. The quantitative estimate of drug-likeness (QED) is 0.579. The second-order valence-corrected chi connectivity index (χ2v) is 5.61. The Labute approximate surface area is 121 Å². The molecule has 6 nitrogen and oxygen atoms in total. The van der Waals surface area contributed by atoms with Crippen molar-refractivity contribution in [2.45, 2.75) is 20.4 Å². The SMILES string of the molecule is CC(C)CN=C(N)Nc1nc(-c2ccc(CN)o2)cs1. The number of rotatable bonds is 5. The smallest absolute Gasteiger partial charge is 0.194 e. The molecule has 108 valence electrons. The number of nitrogens with two attached hydrogens (primary N) is 2. The highest BCUT2D eigenvalue weighted by Crippen LogP contribution is 2.26. The minimum absolute atomic E-state index is 0.377. The van der Waals surface area contributed by atoms with E-state index in [1.807, 2.05) is 17.5 Å². The number of aliphatic imine (C=N–C) groups is 1. The number of hydrogen-bond donors (Lipinski definition) is 3. The minimum Gasteiger partial charge on any atom is -0.458 e. The summed E-state index contributed by atoms with van der Waals surface area (Å²) in [5, 5.41) is 5.57. The van der Waals surface area contributed by atoms with E-state index in [2.05, 4.69) is 29.1 Å². The lowest BCUT2D eigenvalue weighted by Gasteiger charge is -2.03. The van der Waals surface area contributed by atoms with Crippen molar-refractivity contribution in [1.29, 1.82) is 0 Å². The Morgan fingerprint density at radius 3 is 2.95 bits per heavy atom. The van der Waals surface area contributed by atoms with Crippen LogP contribution in [-0.2, 0) is 6.54 Å². The molecule has 2 heterocycles. The zero-order valence-electron chi connectivity index (χ0n) is 11.6. The Balaban J connectivity index is 2.03. The van der Waals surface area contributed by atoms with Crippen LogP contribution >= 0.6 is 11.3 Å². The second-order valence-electron chi connectivity index (χ2n) is 4.75. The van der Waals surface area contributed by atoms with Gasteiger partial charge in [-0.05, 0) is 18.1 Å². The summed E-state index contributed by atoms with van der Waals surface area (Å²) in [6, 6.07) is 3.71. The Kier molecular flexibility index (Phi) is 4.75. The molecule has 7 heteroatoms. The summed E-state index contributed by atoms with van der Waals surface area (Å²) >= 11 is 1.45. The van der Waals surface area contributed by atoms with Gasteiger partial charge in [0.15, 0.2) is 16.9 Å². The zero-order valence-corrected chi connectivity index (χ0v) is 12.4. The van der Waals surface area contributed by atoms with E-state index in [0.717, 1.165) is 11.5 Å². The first-order valence-electron chi connectivity index (χ1n) is 6.40. The molecule has 5 N–H and O–H groups in total. The van der Waals surface area contributed by atoms with Crippen molar-refractivity contribution in [3.63, 3.8) is 0 Å². The number of nitrogens with one attached hydrogen (secondary N) is 1. The number of thiazole rings is 1. The number of anilines is 1. The molecule has 0 fully saturated rings. The van der Waals surface area contributed by atoms with Crippen LogP contribution in [0.5, 0.6) is 0 Å². The summed E-state index contributed by atoms with van der Waals surface area (Å²) in [6.07, 6.45) is 0. The fourth-order valence-corrected chi connectivity index (χ4v) is 2.21. The summed E-state index contributed by atoms with van der Waals surface area (Å²) < 4.78 is 5.55. The second kappa shape index (κ2) is 6.53. The average molecular weight is 293 g/mol. The van der Waals surface area contributed by atoms with Crippen LogP contribution in [0.2, 0.25) is 0 Å². The van der Waals surface area contributed by atoms with Gasteiger partial charge in [0.1, 0.15) is 11.5 Å². The molecule has 0 aliphatic carbocycles. The fraction of sp³-hybridized carbons (Fsp3) is 0.385. The summed E-state index contributed by atoms with van der Waals surface area (Å²) in [4.78, 5) is 8.64. The van der Waals surface area contributed by atoms with E-state index in [1.165, 1.54) is 11.3 Å². The summed E-state index contributed by atoms with van der Waals surface area (Å²) in [6.45, 7) is 5.24. The molecule has 0 aliphatic heterocycles. The third kappa shape index (κ3) is 3.82. The molecule has 20 heavy (non-hydrogen) atoms. The van der Waals surface area contributed by atoms with E-state index in [9.17, 15) is 0 Å². The van der Waals surface area contributed by atoms with Crippen LogP contribution in [0.4, 0.5) is 5.13 Å². The van der Waals surface area contributed by atoms with Crippen LogP contribution in [0.15, 0.2) is 26.9 Å². The largest absolute Gasteiger partial charge is 0.458 e. The lowest BCUT2D eigenvalue weighted by atomic mass is 10.2. The van der Waals surface area contributed by atoms with E-state index in [4.69, 9.17) is 15.9 Å². The van der Waals surface area contributed by atoms with E-state index in [1.54, 1.807) is 0 Å². The first-order valence-corrected chi connectivity index (χ1v) is 7.28. The Bertz CT molecular complexity index is 587. The number of hydrogen-bond acceptors (Lipinski definition) is 5. The van der Waals surface area contributed by atoms with Crippen molar-refractivity contribution in [1.82, 2.24) is 4.98 Å². The topological polar surface area (TPSA) is 102 Å². The molecular weight excluding hydrogens is 274 g/mol. The van der Waals surface area contributed by atoms with E-state index >= 15 is 0 Å². The molecule has 0 saturated heterocycles. The highest BCUT2D eigenvalue weighted by Gasteiger charge is 2.09. The first kappa shape index (κ1) is 14.5. The summed E-state index contributed by atoms with van der Waals surface area (Å²) in [7, 11) is 0. The van der Waals surface area contributed by atoms with Crippen LogP contribution in [-0.4, -0.2) is 17.5 Å². The van der Waals surface area contributed by atoms with Crippen LogP contribution < -0.4 is 16.8 Å². The van der Waals surface area contributed by atoms with Gasteiger partial charge in [-0.1, -0.05) is 13.8 Å². The molecule has 0 aromatic carbocycles. The Morgan fingerprint density at radius 2 is 2.30 bits per heavy atom. The average Bonchev–Trinajstić information content (AvgIpc) is 3.04. The maximum atomic E-state index is 5.79. The van der Waals surface area contributed by atoms with Crippen molar-refractivity contribution >= 4 is 22.4 Å². The molecule has 0 aliphatic rings. The lowest BCUT2D eigenvalue weighted by molar-refractivity contribution is 0.524. The third-order valence-corrected chi connectivity index (χ3v) is 3.24. The number of nitrogens with zero attached hydrogens (tertiary/aromatic N) is 2. The van der Waals surface area contributed by atoms with Crippen molar-refractivity contribution < 1.29 is 4.42 Å². The van der Waals surface area contributed by atoms with Gasteiger partial charge in [-0.3, -0.25) is 4.99 Å². The number of furan rings is 1. The molecule has 2 aromatic heterocycles. The van der Waals surface area contributed by atoms with Crippen molar-refractivity contribution in [3.05, 3.63) is 23.3 Å². The van der Waals surface area contributed by atoms with Gasteiger partial charge in [-0.25, -0.2) is 4.98 Å². The predicted molar refractivity (Wildman–Crippen MR) is 82.7 cm³/mol. The monoisotopic (exact) mass is 293 g/mol. The van der Waals surface area contributed by atoms with Gasteiger partial charge in [-0.2, -0.15) is 0 Å². The summed E-state index contributed by atoms with van der Waals surface area (Å²) in [5.41, 5.74) is 12.1. The van der Waals surface area contributed by atoms with Gasteiger partial charge < -0.3 is 21.2 Å². The van der Waals surface area contributed by atoms with Crippen molar-refractivity contribution in [2.24, 2.45) is 22.4 Å². The van der Waals surface area contributed by atoms with E-state index < -0.39 is 0 Å². The van der Waals surface area contributed by atoms with Gasteiger partial charge in [-0.15, -0.1) is 11.3 Å². The molecule has 0 bridgehead atoms. The normalized spacial score (nSPS) is 12.1.